The number of rotatable bonds is 4. The van der Waals surface area contributed by atoms with Crippen LogP contribution in [0.3, 0.4) is 0 Å². The van der Waals surface area contributed by atoms with Gasteiger partial charge in [-0.25, -0.2) is 4.68 Å². The molecule has 3 aromatic rings. The van der Waals surface area contributed by atoms with E-state index in [1.165, 1.54) is 31.2 Å². The third-order valence-electron chi connectivity index (χ3n) is 7.61. The lowest BCUT2D eigenvalue weighted by Gasteiger charge is -2.37. The van der Waals surface area contributed by atoms with Gasteiger partial charge in [-0.1, -0.05) is 38.3 Å². The molecule has 1 aromatic carbocycles. The SMILES string of the molecule is Cc1ccc2cc([C@H](c3nnnn3C3CCCCC3)N3CCC[C@@H](C)C3)c(=O)[nH]c2c1C. The maximum absolute atomic E-state index is 13.5. The minimum Gasteiger partial charge on any atom is -0.321 e. The van der Waals surface area contributed by atoms with Gasteiger partial charge < -0.3 is 4.98 Å². The minimum atomic E-state index is -0.232. The average molecular weight is 435 g/mol. The first-order valence-corrected chi connectivity index (χ1v) is 12.2. The van der Waals surface area contributed by atoms with E-state index in [9.17, 15) is 4.79 Å². The number of hydrogen-bond acceptors (Lipinski definition) is 5. The summed E-state index contributed by atoms with van der Waals surface area (Å²) in [6.07, 6.45) is 8.27. The molecule has 2 aliphatic rings. The summed E-state index contributed by atoms with van der Waals surface area (Å²) in [6, 6.07) is 6.40. The van der Waals surface area contributed by atoms with Crippen molar-refractivity contribution in [1.29, 1.82) is 0 Å². The number of fused-ring (bicyclic) bond motifs is 1. The van der Waals surface area contributed by atoms with Crippen molar-refractivity contribution in [1.82, 2.24) is 30.1 Å². The summed E-state index contributed by atoms with van der Waals surface area (Å²) in [5, 5.41) is 14.1. The Morgan fingerprint density at radius 1 is 1.09 bits per heavy atom. The van der Waals surface area contributed by atoms with Crippen LogP contribution in [0, 0.1) is 19.8 Å². The molecule has 2 aromatic heterocycles. The van der Waals surface area contributed by atoms with Crippen molar-refractivity contribution in [2.45, 2.75) is 77.8 Å². The smallest absolute Gasteiger partial charge is 0.253 e. The van der Waals surface area contributed by atoms with Gasteiger partial charge in [-0.3, -0.25) is 9.69 Å². The van der Waals surface area contributed by atoms with Gasteiger partial charge in [-0.2, -0.15) is 0 Å². The zero-order valence-corrected chi connectivity index (χ0v) is 19.5. The maximum Gasteiger partial charge on any atom is 0.253 e. The molecule has 1 N–H and O–H groups in total. The van der Waals surface area contributed by atoms with Crippen LogP contribution in [0.1, 0.15) is 86.5 Å². The molecule has 7 heteroatoms. The molecule has 2 atom stereocenters. The molecule has 1 aliphatic carbocycles. The third kappa shape index (κ3) is 3.87. The predicted octanol–water partition coefficient (Wildman–Crippen LogP) is 4.46. The Hall–Kier alpha value is -2.54. The van der Waals surface area contributed by atoms with Crippen molar-refractivity contribution in [3.05, 3.63) is 51.1 Å². The number of nitrogens with one attached hydrogen (secondary N) is 1. The first-order chi connectivity index (χ1) is 15.5. The summed E-state index contributed by atoms with van der Waals surface area (Å²) in [6.45, 7) is 8.35. The van der Waals surface area contributed by atoms with Crippen molar-refractivity contribution in [2.24, 2.45) is 5.92 Å². The van der Waals surface area contributed by atoms with E-state index >= 15 is 0 Å². The van der Waals surface area contributed by atoms with Gasteiger partial charge in [0.25, 0.3) is 5.56 Å². The average Bonchev–Trinajstić information content (AvgIpc) is 3.28. The van der Waals surface area contributed by atoms with Gasteiger partial charge >= 0.3 is 0 Å². The van der Waals surface area contributed by atoms with Crippen LogP contribution >= 0.6 is 0 Å². The molecule has 3 heterocycles. The van der Waals surface area contributed by atoms with Gasteiger partial charge in [-0.15, -0.1) is 5.10 Å². The number of aromatic amines is 1. The highest BCUT2D eigenvalue weighted by atomic mass is 16.1. The van der Waals surface area contributed by atoms with Gasteiger partial charge in [0.1, 0.15) is 6.04 Å². The number of nitrogens with zero attached hydrogens (tertiary/aromatic N) is 5. The molecular formula is C25H34N6O. The summed E-state index contributed by atoms with van der Waals surface area (Å²) in [5.41, 5.74) is 3.95. The quantitative estimate of drug-likeness (QED) is 0.656. The fourth-order valence-corrected chi connectivity index (χ4v) is 5.67. The lowest BCUT2D eigenvalue weighted by molar-refractivity contribution is 0.138. The maximum atomic E-state index is 13.5. The monoisotopic (exact) mass is 434 g/mol. The van der Waals surface area contributed by atoms with Crippen LogP contribution in [0.2, 0.25) is 0 Å². The Morgan fingerprint density at radius 3 is 2.69 bits per heavy atom. The molecule has 0 radical (unpaired) electrons. The first kappa shape index (κ1) is 21.3. The van der Waals surface area contributed by atoms with Gasteiger partial charge in [0.05, 0.1) is 11.6 Å². The number of aromatic nitrogens is 5. The van der Waals surface area contributed by atoms with E-state index in [-0.39, 0.29) is 11.6 Å². The number of aryl methyl sites for hydroxylation is 2. The van der Waals surface area contributed by atoms with Crippen LogP contribution in [0.15, 0.2) is 23.0 Å². The number of pyridine rings is 1. The van der Waals surface area contributed by atoms with Crippen molar-refractivity contribution in [2.75, 3.05) is 13.1 Å². The Kier molecular flexibility index (Phi) is 5.84. The lowest BCUT2D eigenvalue weighted by atomic mass is 9.93. The summed E-state index contributed by atoms with van der Waals surface area (Å²) < 4.78 is 2.03. The molecule has 1 aliphatic heterocycles. The van der Waals surface area contributed by atoms with E-state index in [1.54, 1.807) is 0 Å². The van der Waals surface area contributed by atoms with Gasteiger partial charge in [0, 0.05) is 12.1 Å². The van der Waals surface area contributed by atoms with E-state index in [4.69, 9.17) is 0 Å². The molecule has 0 unspecified atom stereocenters. The molecular weight excluding hydrogens is 400 g/mol. The largest absolute Gasteiger partial charge is 0.321 e. The summed E-state index contributed by atoms with van der Waals surface area (Å²) in [5.74, 6) is 1.41. The van der Waals surface area contributed by atoms with E-state index in [0.717, 1.165) is 60.2 Å². The standard InChI is InChI=1S/C25H34N6O/c1-16-8-7-13-30(15-16)23(24-27-28-29-31(24)20-9-5-4-6-10-20)21-14-19-12-11-17(2)18(3)22(19)26-25(21)32/h11-12,14,16,20,23H,4-10,13,15H2,1-3H3,(H,26,32)/t16-,23-/m1/s1. The molecule has 1 saturated carbocycles. The van der Waals surface area contributed by atoms with Crippen LogP contribution in [0.4, 0.5) is 0 Å². The molecule has 170 valence electrons. The van der Waals surface area contributed by atoms with Crippen molar-refractivity contribution in [3.8, 4) is 0 Å². The second-order valence-corrected chi connectivity index (χ2v) is 9.94. The van der Waals surface area contributed by atoms with Crippen LogP contribution in [-0.2, 0) is 0 Å². The van der Waals surface area contributed by atoms with E-state index < -0.39 is 0 Å². The van der Waals surface area contributed by atoms with Crippen LogP contribution < -0.4 is 5.56 Å². The fourth-order valence-electron chi connectivity index (χ4n) is 5.67. The lowest BCUT2D eigenvalue weighted by Crippen LogP contribution is -2.41. The molecule has 5 rings (SSSR count). The minimum absolute atomic E-state index is 0.0346. The molecule has 32 heavy (non-hydrogen) atoms. The first-order valence-electron chi connectivity index (χ1n) is 12.2. The van der Waals surface area contributed by atoms with Crippen molar-refractivity contribution < 1.29 is 0 Å². The fraction of sp³-hybridized carbons (Fsp3) is 0.600. The van der Waals surface area contributed by atoms with Crippen LogP contribution in [0.5, 0.6) is 0 Å². The third-order valence-corrected chi connectivity index (χ3v) is 7.61. The Balaban J connectivity index is 1.65. The Labute approximate surface area is 189 Å². The van der Waals surface area contributed by atoms with Crippen molar-refractivity contribution in [3.63, 3.8) is 0 Å². The molecule has 0 spiro atoms. The highest BCUT2D eigenvalue weighted by Gasteiger charge is 2.34. The van der Waals surface area contributed by atoms with Gasteiger partial charge in [0.2, 0.25) is 0 Å². The molecule has 1 saturated heterocycles. The number of benzene rings is 1. The number of hydrogen-bond donors (Lipinski definition) is 1. The summed E-state index contributed by atoms with van der Waals surface area (Å²) in [7, 11) is 0. The number of likely N-dealkylation sites (tertiary alicyclic amines) is 1. The molecule has 0 bridgehead atoms. The van der Waals surface area contributed by atoms with Gasteiger partial charge in [0.15, 0.2) is 5.82 Å². The molecule has 2 fully saturated rings. The second-order valence-electron chi connectivity index (χ2n) is 9.94. The van der Waals surface area contributed by atoms with E-state index in [0.29, 0.717) is 12.0 Å². The van der Waals surface area contributed by atoms with E-state index in [1.807, 2.05) is 4.68 Å². The normalized spacial score (nSPS) is 21.8. The highest BCUT2D eigenvalue weighted by Crippen LogP contribution is 2.35. The van der Waals surface area contributed by atoms with Crippen molar-refractivity contribution >= 4 is 10.9 Å². The van der Waals surface area contributed by atoms with Crippen LogP contribution in [-0.4, -0.2) is 43.2 Å². The zero-order chi connectivity index (χ0) is 22.2. The molecule has 7 nitrogen and oxygen atoms in total. The van der Waals surface area contributed by atoms with Crippen LogP contribution in [0.25, 0.3) is 10.9 Å². The molecule has 0 amide bonds. The topological polar surface area (TPSA) is 79.7 Å². The number of tetrazole rings is 1. The summed E-state index contributed by atoms with van der Waals surface area (Å²) in [4.78, 5) is 19.1. The highest BCUT2D eigenvalue weighted by molar-refractivity contribution is 5.83. The second kappa shape index (κ2) is 8.77. The number of H-pyrrole nitrogens is 1. The Morgan fingerprint density at radius 2 is 1.91 bits per heavy atom. The summed E-state index contributed by atoms with van der Waals surface area (Å²) >= 11 is 0. The van der Waals surface area contributed by atoms with Gasteiger partial charge in [-0.05, 0) is 85.0 Å². The predicted molar refractivity (Wildman–Crippen MR) is 126 cm³/mol. The zero-order valence-electron chi connectivity index (χ0n) is 19.5. The van der Waals surface area contributed by atoms with E-state index in [2.05, 4.69) is 64.4 Å². The number of piperidine rings is 1. The Bertz CT molecular complexity index is 1160.